The van der Waals surface area contributed by atoms with Gasteiger partial charge < -0.3 is 9.84 Å². The Kier molecular flexibility index (Phi) is 3.22. The van der Waals surface area contributed by atoms with Gasteiger partial charge in [-0.15, -0.1) is 0 Å². The smallest absolute Gasteiger partial charge is 0.338 e. The van der Waals surface area contributed by atoms with E-state index in [2.05, 4.69) is 6.58 Å². The van der Waals surface area contributed by atoms with Gasteiger partial charge in [-0.25, -0.2) is 4.79 Å². The van der Waals surface area contributed by atoms with Crippen molar-refractivity contribution in [3.05, 3.63) is 34.9 Å². The maximum atomic E-state index is 12.4. The maximum absolute atomic E-state index is 12.4. The summed E-state index contributed by atoms with van der Waals surface area (Å²) in [6.45, 7) is 8.99. The first-order valence-electron chi connectivity index (χ1n) is 6.24. The number of ether oxygens (including phenoxy) is 1. The lowest BCUT2D eigenvalue weighted by Crippen LogP contribution is -2.37. The van der Waals surface area contributed by atoms with Crippen molar-refractivity contribution in [2.75, 3.05) is 6.61 Å². The van der Waals surface area contributed by atoms with E-state index in [1.54, 1.807) is 26.8 Å². The second-order valence-electron chi connectivity index (χ2n) is 5.52. The molecular weight excluding hydrogens is 244 g/mol. The lowest BCUT2D eigenvalue weighted by atomic mass is 9.67. The number of aliphatic hydroxyl groups is 1. The largest absolute Gasteiger partial charge is 0.457 e. The fraction of sp³-hybridized carbons (Fsp3) is 0.467. The summed E-state index contributed by atoms with van der Waals surface area (Å²) in [6.07, 6.45) is 1.04. The maximum Gasteiger partial charge on any atom is 0.338 e. The third-order valence-corrected chi connectivity index (χ3v) is 3.95. The molecule has 0 radical (unpaired) electrons. The molecular formula is C15H18O4. The third-order valence-electron chi connectivity index (χ3n) is 3.95. The van der Waals surface area contributed by atoms with E-state index < -0.39 is 17.5 Å². The Labute approximate surface area is 112 Å². The Bertz CT molecular complexity index is 538. The van der Waals surface area contributed by atoms with Crippen LogP contribution >= 0.6 is 0 Å². The van der Waals surface area contributed by atoms with Crippen LogP contribution in [0.1, 0.15) is 27.2 Å². The lowest BCUT2D eigenvalue weighted by Gasteiger charge is -2.34. The van der Waals surface area contributed by atoms with Gasteiger partial charge in [0, 0.05) is 0 Å². The van der Waals surface area contributed by atoms with Crippen LogP contribution in [0.4, 0.5) is 0 Å². The standard InChI is InChI=1S/C15H18O4/c1-8(2)12(16)6-15(4)11-7-19-14(18)10(11)5-9(3)13(15)17/h5,12,16H,1,6-7H2,2-4H3/t12-,15+/m0/s1. The minimum absolute atomic E-state index is 0.0650. The number of carbonyl (C=O) groups is 2. The lowest BCUT2D eigenvalue weighted by molar-refractivity contribution is -0.135. The molecule has 0 bridgehead atoms. The van der Waals surface area contributed by atoms with Crippen molar-refractivity contribution in [1.29, 1.82) is 0 Å². The van der Waals surface area contributed by atoms with E-state index in [-0.39, 0.29) is 18.8 Å². The fourth-order valence-corrected chi connectivity index (χ4v) is 2.65. The first-order valence-corrected chi connectivity index (χ1v) is 6.24. The second kappa shape index (κ2) is 4.46. The molecule has 0 saturated carbocycles. The van der Waals surface area contributed by atoms with Crippen molar-refractivity contribution in [3.63, 3.8) is 0 Å². The zero-order valence-corrected chi connectivity index (χ0v) is 11.4. The van der Waals surface area contributed by atoms with E-state index in [4.69, 9.17) is 4.74 Å². The van der Waals surface area contributed by atoms with Gasteiger partial charge in [0.1, 0.15) is 6.61 Å². The van der Waals surface area contributed by atoms with Crippen molar-refractivity contribution >= 4 is 11.8 Å². The number of hydrogen-bond acceptors (Lipinski definition) is 4. The molecule has 1 aliphatic heterocycles. The molecule has 0 saturated heterocycles. The van der Waals surface area contributed by atoms with Gasteiger partial charge in [-0.2, -0.15) is 0 Å². The van der Waals surface area contributed by atoms with Crippen LogP contribution in [0.25, 0.3) is 0 Å². The normalized spacial score (nSPS) is 27.9. The number of cyclic esters (lactones) is 1. The number of carbonyl (C=O) groups excluding carboxylic acids is 2. The van der Waals surface area contributed by atoms with Crippen molar-refractivity contribution < 1.29 is 19.4 Å². The van der Waals surface area contributed by atoms with E-state index in [0.29, 0.717) is 22.3 Å². The number of aliphatic hydroxyl groups excluding tert-OH is 1. The molecule has 19 heavy (non-hydrogen) atoms. The quantitative estimate of drug-likeness (QED) is 0.621. The van der Waals surface area contributed by atoms with Crippen LogP contribution in [0, 0.1) is 5.41 Å². The molecule has 1 N–H and O–H groups in total. The number of rotatable bonds is 3. The van der Waals surface area contributed by atoms with Crippen molar-refractivity contribution in [1.82, 2.24) is 0 Å². The van der Waals surface area contributed by atoms with E-state index in [9.17, 15) is 14.7 Å². The average Bonchev–Trinajstić information content (AvgIpc) is 2.69. The zero-order chi connectivity index (χ0) is 14.4. The topological polar surface area (TPSA) is 63.6 Å². The fourth-order valence-electron chi connectivity index (χ4n) is 2.65. The van der Waals surface area contributed by atoms with Crippen LogP contribution in [0.15, 0.2) is 34.9 Å². The number of hydrogen-bond donors (Lipinski definition) is 1. The highest BCUT2D eigenvalue weighted by Crippen LogP contribution is 2.44. The molecule has 2 rings (SSSR count). The predicted molar refractivity (Wildman–Crippen MR) is 70.3 cm³/mol. The Morgan fingerprint density at radius 3 is 2.79 bits per heavy atom. The third kappa shape index (κ3) is 2.06. The zero-order valence-electron chi connectivity index (χ0n) is 11.4. The Morgan fingerprint density at radius 1 is 1.58 bits per heavy atom. The van der Waals surface area contributed by atoms with Crippen LogP contribution in [-0.4, -0.2) is 29.6 Å². The average molecular weight is 262 g/mol. The number of ketones is 1. The molecule has 102 valence electrons. The summed E-state index contributed by atoms with van der Waals surface area (Å²) < 4.78 is 5.02. The van der Waals surface area contributed by atoms with Crippen molar-refractivity contribution in [2.24, 2.45) is 5.41 Å². The molecule has 0 fully saturated rings. The van der Waals surface area contributed by atoms with Crippen LogP contribution in [0.5, 0.6) is 0 Å². The number of esters is 1. The molecule has 0 unspecified atom stereocenters. The minimum Gasteiger partial charge on any atom is -0.457 e. The van der Waals surface area contributed by atoms with Crippen molar-refractivity contribution in [3.8, 4) is 0 Å². The Hall–Kier alpha value is -1.68. The molecule has 4 heteroatoms. The molecule has 1 heterocycles. The predicted octanol–water partition coefficient (Wildman–Crippen LogP) is 1.70. The van der Waals surface area contributed by atoms with Crippen LogP contribution in [0.3, 0.4) is 0 Å². The van der Waals surface area contributed by atoms with Gasteiger partial charge in [0.2, 0.25) is 0 Å². The SMILES string of the molecule is C=C(C)[C@@H](O)C[C@@]1(C)C(=O)C(C)=CC2=C1COC2=O. The van der Waals surface area contributed by atoms with Gasteiger partial charge in [-0.3, -0.25) is 4.79 Å². The van der Waals surface area contributed by atoms with Gasteiger partial charge in [0.15, 0.2) is 5.78 Å². The highest BCUT2D eigenvalue weighted by molar-refractivity contribution is 6.09. The highest BCUT2D eigenvalue weighted by atomic mass is 16.5. The van der Waals surface area contributed by atoms with Gasteiger partial charge >= 0.3 is 5.97 Å². The molecule has 1 aliphatic carbocycles. The molecule has 4 nitrogen and oxygen atoms in total. The van der Waals surface area contributed by atoms with E-state index >= 15 is 0 Å². The first kappa shape index (κ1) is 13.7. The van der Waals surface area contributed by atoms with Gasteiger partial charge in [-0.05, 0) is 44.4 Å². The van der Waals surface area contributed by atoms with E-state index in [1.807, 2.05) is 0 Å². The van der Waals surface area contributed by atoms with Crippen LogP contribution < -0.4 is 0 Å². The first-order chi connectivity index (χ1) is 8.77. The molecule has 0 spiro atoms. The molecule has 0 aromatic heterocycles. The van der Waals surface area contributed by atoms with E-state index in [0.717, 1.165) is 0 Å². The minimum atomic E-state index is -0.890. The summed E-state index contributed by atoms with van der Waals surface area (Å²) in [5, 5.41) is 10.0. The summed E-state index contributed by atoms with van der Waals surface area (Å²) in [7, 11) is 0. The van der Waals surface area contributed by atoms with E-state index in [1.165, 1.54) is 0 Å². The summed E-state index contributed by atoms with van der Waals surface area (Å²) in [5.74, 6) is -0.456. The van der Waals surface area contributed by atoms with Crippen molar-refractivity contribution in [2.45, 2.75) is 33.3 Å². The summed E-state index contributed by atoms with van der Waals surface area (Å²) in [4.78, 5) is 24.1. The summed E-state index contributed by atoms with van der Waals surface area (Å²) in [6, 6.07) is 0. The molecule has 0 aromatic rings. The summed E-state index contributed by atoms with van der Waals surface area (Å²) >= 11 is 0. The van der Waals surface area contributed by atoms with Crippen LogP contribution in [0.2, 0.25) is 0 Å². The van der Waals surface area contributed by atoms with Crippen LogP contribution in [-0.2, 0) is 14.3 Å². The molecule has 0 amide bonds. The van der Waals surface area contributed by atoms with Gasteiger partial charge in [0.25, 0.3) is 0 Å². The Morgan fingerprint density at radius 2 is 2.21 bits per heavy atom. The monoisotopic (exact) mass is 262 g/mol. The Balaban J connectivity index is 2.46. The summed E-state index contributed by atoms with van der Waals surface area (Å²) in [5.41, 5.74) is 1.38. The molecule has 2 atom stereocenters. The second-order valence-corrected chi connectivity index (χ2v) is 5.52. The molecule has 0 aromatic carbocycles. The number of allylic oxidation sites excluding steroid dienone is 1. The van der Waals surface area contributed by atoms with Gasteiger partial charge in [0.05, 0.1) is 17.1 Å². The highest BCUT2D eigenvalue weighted by Gasteiger charge is 2.47. The van der Waals surface area contributed by atoms with Gasteiger partial charge in [-0.1, -0.05) is 12.2 Å². The number of Topliss-reactive ketones (excluding diaryl/α,β-unsaturated/α-hetero) is 1. The molecule has 2 aliphatic rings.